The molecule has 0 bridgehead atoms. The van der Waals surface area contributed by atoms with Crippen LogP contribution in [0.25, 0.3) is 0 Å². The summed E-state index contributed by atoms with van der Waals surface area (Å²) >= 11 is 0. The molecule has 0 amide bonds. The van der Waals surface area contributed by atoms with Crippen molar-refractivity contribution in [3.8, 4) is 0 Å². The Morgan fingerprint density at radius 3 is 2.66 bits per heavy atom. The Hall–Kier alpha value is -1.69. The Kier molecular flexibility index (Phi) is 7.80. The zero-order valence-electron chi connectivity index (χ0n) is 21.6. The van der Waals surface area contributed by atoms with Gasteiger partial charge in [0.2, 0.25) is 0 Å². The molecule has 7 atom stereocenters. The van der Waals surface area contributed by atoms with E-state index in [0.717, 1.165) is 29.6 Å². The summed E-state index contributed by atoms with van der Waals surface area (Å²) < 4.78 is 21.7. The van der Waals surface area contributed by atoms with Gasteiger partial charge >= 0.3 is 0 Å². The second-order valence-corrected chi connectivity index (χ2v) is 13.9. The molecule has 5 heteroatoms. The van der Waals surface area contributed by atoms with Crippen molar-refractivity contribution in [1.82, 2.24) is 0 Å². The Morgan fingerprint density at radius 2 is 1.94 bits per heavy atom. The van der Waals surface area contributed by atoms with Crippen LogP contribution in [0.4, 0.5) is 0 Å². The summed E-state index contributed by atoms with van der Waals surface area (Å²) in [5.74, 6) is 1.98. The van der Waals surface area contributed by atoms with Gasteiger partial charge in [-0.1, -0.05) is 55.8 Å². The second kappa shape index (κ2) is 10.4. The topological polar surface area (TPSA) is 81.4 Å². The molecule has 192 valence electrons. The van der Waals surface area contributed by atoms with Crippen LogP contribution in [0.15, 0.2) is 64.6 Å². The quantitative estimate of drug-likeness (QED) is 0.416. The Labute approximate surface area is 212 Å². The average molecular weight is 498 g/mol. The van der Waals surface area contributed by atoms with E-state index in [2.05, 4.69) is 32.6 Å². The van der Waals surface area contributed by atoms with Gasteiger partial charge < -0.3 is 10.2 Å². The lowest BCUT2D eigenvalue weighted by Gasteiger charge is -2.44. The fourth-order valence-corrected chi connectivity index (χ4v) is 8.62. The highest BCUT2D eigenvalue weighted by atomic mass is 32.2. The van der Waals surface area contributed by atoms with Crippen LogP contribution in [0.3, 0.4) is 0 Å². The van der Waals surface area contributed by atoms with Gasteiger partial charge in [0, 0.05) is 17.1 Å². The number of rotatable bonds is 6. The SMILES string of the molecule is C=C1/C(=C\C=C2/CCC[C@]3(C)[C@@H]([C@H](C)CCS(=N)(=O)c4ccc(C)cc4)CC[C@@H]23)C[C@@H](O)C[C@@H]1O. The van der Waals surface area contributed by atoms with E-state index in [1.54, 1.807) is 0 Å². The first-order chi connectivity index (χ1) is 16.5. The van der Waals surface area contributed by atoms with Crippen molar-refractivity contribution < 1.29 is 14.4 Å². The van der Waals surface area contributed by atoms with E-state index in [1.165, 1.54) is 31.3 Å². The summed E-state index contributed by atoms with van der Waals surface area (Å²) in [6.45, 7) is 10.8. The minimum absolute atomic E-state index is 0.234. The summed E-state index contributed by atoms with van der Waals surface area (Å²) in [5.41, 5.74) is 4.57. The van der Waals surface area contributed by atoms with Gasteiger partial charge in [-0.2, -0.15) is 0 Å². The van der Waals surface area contributed by atoms with E-state index in [4.69, 9.17) is 4.78 Å². The van der Waals surface area contributed by atoms with Crippen LogP contribution in [-0.4, -0.2) is 32.4 Å². The van der Waals surface area contributed by atoms with Gasteiger partial charge in [-0.3, -0.25) is 0 Å². The van der Waals surface area contributed by atoms with Gasteiger partial charge in [0.15, 0.2) is 0 Å². The first kappa shape index (κ1) is 26.4. The van der Waals surface area contributed by atoms with E-state index >= 15 is 0 Å². The predicted octanol–water partition coefficient (Wildman–Crippen LogP) is 6.57. The molecule has 0 saturated heterocycles. The Morgan fingerprint density at radius 1 is 1.23 bits per heavy atom. The summed E-state index contributed by atoms with van der Waals surface area (Å²) in [6, 6.07) is 7.61. The number of hydrogen-bond donors (Lipinski definition) is 3. The Bertz CT molecular complexity index is 1100. The molecule has 0 spiro atoms. The van der Waals surface area contributed by atoms with Crippen LogP contribution in [0.2, 0.25) is 0 Å². The number of aliphatic hydroxyl groups excluding tert-OH is 2. The zero-order valence-corrected chi connectivity index (χ0v) is 22.4. The molecule has 0 aromatic heterocycles. The van der Waals surface area contributed by atoms with E-state index in [0.29, 0.717) is 41.2 Å². The van der Waals surface area contributed by atoms with E-state index in [1.807, 2.05) is 31.2 Å². The number of allylic oxidation sites excluding steroid dienone is 3. The third-order valence-electron chi connectivity index (χ3n) is 9.25. The fourth-order valence-electron chi connectivity index (χ4n) is 7.11. The van der Waals surface area contributed by atoms with E-state index in [9.17, 15) is 14.4 Å². The van der Waals surface area contributed by atoms with Gasteiger partial charge in [0.1, 0.15) is 0 Å². The number of fused-ring (bicyclic) bond motifs is 1. The molecule has 3 N–H and O–H groups in total. The highest BCUT2D eigenvalue weighted by molar-refractivity contribution is 7.92. The lowest BCUT2D eigenvalue weighted by atomic mass is 9.61. The molecule has 0 aliphatic heterocycles. The van der Waals surface area contributed by atoms with Crippen LogP contribution in [0, 0.1) is 34.9 Å². The first-order valence-electron chi connectivity index (χ1n) is 13.3. The van der Waals surface area contributed by atoms with Gasteiger partial charge in [0.05, 0.1) is 21.9 Å². The molecule has 1 unspecified atom stereocenters. The van der Waals surface area contributed by atoms with Crippen LogP contribution < -0.4 is 0 Å². The maximum absolute atomic E-state index is 13.1. The lowest BCUT2D eigenvalue weighted by Crippen LogP contribution is -2.36. The average Bonchev–Trinajstić information content (AvgIpc) is 3.17. The van der Waals surface area contributed by atoms with Crippen molar-refractivity contribution in [2.45, 2.75) is 89.2 Å². The molecule has 3 saturated carbocycles. The number of nitrogens with one attached hydrogen (secondary N) is 1. The molecule has 3 aliphatic carbocycles. The number of aryl methyl sites for hydroxylation is 1. The summed E-state index contributed by atoms with van der Waals surface area (Å²) in [4.78, 5) is 0.654. The normalized spacial score (nSPS) is 36.2. The van der Waals surface area contributed by atoms with Crippen LogP contribution in [-0.2, 0) is 9.73 Å². The van der Waals surface area contributed by atoms with Crippen LogP contribution >= 0.6 is 0 Å². The van der Waals surface area contributed by atoms with E-state index in [-0.39, 0.29) is 5.41 Å². The maximum atomic E-state index is 13.1. The van der Waals surface area contributed by atoms with Crippen LogP contribution in [0.5, 0.6) is 0 Å². The lowest BCUT2D eigenvalue weighted by molar-refractivity contribution is 0.0861. The number of benzene rings is 1. The molecule has 3 aliphatic rings. The number of hydrogen-bond acceptors (Lipinski definition) is 4. The molecular formula is C30H43NO3S. The van der Waals surface area contributed by atoms with Gasteiger partial charge in [0.25, 0.3) is 0 Å². The highest BCUT2D eigenvalue weighted by Gasteiger charge is 2.50. The molecule has 0 heterocycles. The summed E-state index contributed by atoms with van der Waals surface area (Å²) in [7, 11) is -2.77. The zero-order chi connectivity index (χ0) is 25.4. The third kappa shape index (κ3) is 5.52. The predicted molar refractivity (Wildman–Crippen MR) is 144 cm³/mol. The van der Waals surface area contributed by atoms with Gasteiger partial charge in [-0.05, 0) is 98.3 Å². The largest absolute Gasteiger partial charge is 0.393 e. The maximum Gasteiger partial charge on any atom is 0.0811 e. The highest BCUT2D eigenvalue weighted by Crippen LogP contribution is 2.59. The molecule has 3 fully saturated rings. The van der Waals surface area contributed by atoms with E-state index < -0.39 is 21.9 Å². The molecule has 4 nitrogen and oxygen atoms in total. The van der Waals surface area contributed by atoms with Crippen LogP contribution in [0.1, 0.15) is 70.8 Å². The minimum atomic E-state index is -2.77. The van der Waals surface area contributed by atoms with Crippen molar-refractivity contribution in [3.63, 3.8) is 0 Å². The molecule has 0 radical (unpaired) electrons. The minimum Gasteiger partial charge on any atom is -0.393 e. The fraction of sp³-hybridized carbons (Fsp3) is 0.600. The molecular weight excluding hydrogens is 454 g/mol. The molecule has 35 heavy (non-hydrogen) atoms. The van der Waals surface area contributed by atoms with Gasteiger partial charge in [-0.25, -0.2) is 8.99 Å². The standard InChI is InChI=1S/C30H43NO3S/c1-20-7-11-26(12-8-20)35(31,34)17-15-21(2)27-13-14-28-23(6-5-16-30(27,28)4)9-10-24-18-25(32)19-29(33)22(24)3/h7-12,21,25,27-29,31-33H,3,5-6,13-19H2,1-2,4H3/b23-9+,24-10-/t21-,25-,27-,28+,29+,30-,35?/m1/s1. The number of aliphatic hydroxyl groups is 2. The van der Waals surface area contributed by atoms with Crippen molar-refractivity contribution >= 4 is 9.73 Å². The van der Waals surface area contributed by atoms with Crippen molar-refractivity contribution in [2.75, 3.05) is 5.75 Å². The van der Waals surface area contributed by atoms with Crippen molar-refractivity contribution in [1.29, 1.82) is 4.78 Å². The van der Waals surface area contributed by atoms with Crippen molar-refractivity contribution in [3.05, 3.63) is 65.3 Å². The summed E-state index contributed by atoms with van der Waals surface area (Å²) in [5, 5.41) is 20.3. The summed E-state index contributed by atoms with van der Waals surface area (Å²) in [6.07, 6.45) is 10.8. The Balaban J connectivity index is 1.45. The first-order valence-corrected chi connectivity index (χ1v) is 15.0. The smallest absolute Gasteiger partial charge is 0.0811 e. The monoisotopic (exact) mass is 497 g/mol. The van der Waals surface area contributed by atoms with Gasteiger partial charge in [-0.15, -0.1) is 0 Å². The molecule has 1 aromatic carbocycles. The molecule has 1 aromatic rings. The molecule has 4 rings (SSSR count). The third-order valence-corrected chi connectivity index (χ3v) is 11.1. The second-order valence-electron chi connectivity index (χ2n) is 11.6. The van der Waals surface area contributed by atoms with Crippen molar-refractivity contribution in [2.24, 2.45) is 23.2 Å².